The topological polar surface area (TPSA) is 71.6 Å². The van der Waals surface area contributed by atoms with E-state index in [1.54, 1.807) is 13.3 Å². The maximum absolute atomic E-state index is 10.7. The van der Waals surface area contributed by atoms with E-state index in [4.69, 9.17) is 10.5 Å². The van der Waals surface area contributed by atoms with Crippen LogP contribution in [0.4, 0.5) is 0 Å². The third kappa shape index (κ3) is 3.21. The first-order valence-electron chi connectivity index (χ1n) is 7.76. The number of aromatic nitrogens is 1. The highest BCUT2D eigenvalue weighted by atomic mass is 16.5. The van der Waals surface area contributed by atoms with Gasteiger partial charge in [-0.25, -0.2) is 0 Å². The zero-order valence-electron chi connectivity index (χ0n) is 12.9. The van der Waals surface area contributed by atoms with E-state index < -0.39 is 6.10 Å². The van der Waals surface area contributed by atoms with Crippen LogP contribution in [0.15, 0.2) is 30.5 Å². The van der Waals surface area contributed by atoms with Crippen LogP contribution in [0, 0.1) is 0 Å². The molecule has 3 N–H and O–H groups in total. The molecule has 0 bridgehead atoms. The molecule has 0 amide bonds. The fourth-order valence-corrected chi connectivity index (χ4v) is 3.04. The van der Waals surface area contributed by atoms with Crippen molar-refractivity contribution in [2.75, 3.05) is 26.7 Å². The summed E-state index contributed by atoms with van der Waals surface area (Å²) in [4.78, 5) is 6.64. The van der Waals surface area contributed by atoms with E-state index in [9.17, 15) is 5.11 Å². The first-order chi connectivity index (χ1) is 10.7. The SMILES string of the molecule is COc1ccc2nccc(C(O)CN3CCC(N)CC3)c2c1. The molecule has 0 saturated carbocycles. The Morgan fingerprint density at radius 1 is 1.36 bits per heavy atom. The van der Waals surface area contributed by atoms with Crippen molar-refractivity contribution in [3.05, 3.63) is 36.0 Å². The van der Waals surface area contributed by atoms with Crippen molar-refractivity contribution in [3.8, 4) is 5.75 Å². The molecule has 1 aromatic heterocycles. The number of aliphatic hydroxyl groups excluding tert-OH is 1. The number of piperidine rings is 1. The number of rotatable bonds is 4. The van der Waals surface area contributed by atoms with E-state index in [-0.39, 0.29) is 0 Å². The van der Waals surface area contributed by atoms with Crippen LogP contribution in [0.2, 0.25) is 0 Å². The summed E-state index contributed by atoms with van der Waals surface area (Å²) in [5.74, 6) is 0.776. The van der Waals surface area contributed by atoms with Gasteiger partial charge in [0.15, 0.2) is 0 Å². The molecule has 118 valence electrons. The Balaban J connectivity index is 1.82. The lowest BCUT2D eigenvalue weighted by molar-refractivity contribution is 0.0986. The molecular formula is C17H23N3O2. The van der Waals surface area contributed by atoms with Gasteiger partial charge in [-0.2, -0.15) is 0 Å². The average Bonchev–Trinajstić information content (AvgIpc) is 2.55. The lowest BCUT2D eigenvalue weighted by atomic mass is 10.0. The number of methoxy groups -OCH3 is 1. The summed E-state index contributed by atoms with van der Waals surface area (Å²) < 4.78 is 5.29. The van der Waals surface area contributed by atoms with E-state index in [0.717, 1.165) is 48.1 Å². The van der Waals surface area contributed by atoms with E-state index in [2.05, 4.69) is 9.88 Å². The number of β-amino-alcohol motifs (C(OH)–C–C–N with tert-alkyl or cyclic N) is 1. The van der Waals surface area contributed by atoms with Crippen LogP contribution in [-0.2, 0) is 0 Å². The van der Waals surface area contributed by atoms with E-state index in [1.807, 2.05) is 24.3 Å². The largest absolute Gasteiger partial charge is 0.497 e. The Kier molecular flexibility index (Phi) is 4.57. The van der Waals surface area contributed by atoms with Crippen molar-refractivity contribution in [1.82, 2.24) is 9.88 Å². The molecule has 3 rings (SSSR count). The maximum atomic E-state index is 10.7. The van der Waals surface area contributed by atoms with Crippen molar-refractivity contribution in [2.45, 2.75) is 25.0 Å². The number of hydrogen-bond acceptors (Lipinski definition) is 5. The normalized spacial score (nSPS) is 18.5. The van der Waals surface area contributed by atoms with Gasteiger partial charge < -0.3 is 20.5 Å². The number of nitrogens with zero attached hydrogens (tertiary/aromatic N) is 2. The Labute approximate surface area is 130 Å². The Morgan fingerprint density at radius 2 is 2.14 bits per heavy atom. The molecule has 2 heterocycles. The number of aliphatic hydroxyl groups is 1. The summed E-state index contributed by atoms with van der Waals surface area (Å²) in [6.45, 7) is 2.53. The second-order valence-corrected chi connectivity index (χ2v) is 5.94. The van der Waals surface area contributed by atoms with Crippen LogP contribution in [0.25, 0.3) is 10.9 Å². The van der Waals surface area contributed by atoms with Crippen molar-refractivity contribution in [2.24, 2.45) is 5.73 Å². The van der Waals surface area contributed by atoms with Gasteiger partial charge in [0.2, 0.25) is 0 Å². The van der Waals surface area contributed by atoms with Gasteiger partial charge in [-0.3, -0.25) is 4.98 Å². The zero-order chi connectivity index (χ0) is 15.5. The second kappa shape index (κ2) is 6.60. The number of nitrogens with two attached hydrogens (primary N) is 1. The van der Waals surface area contributed by atoms with Gasteiger partial charge in [-0.05, 0) is 55.8 Å². The molecule has 1 atom stereocenters. The molecule has 0 radical (unpaired) electrons. The van der Waals surface area contributed by atoms with Crippen molar-refractivity contribution >= 4 is 10.9 Å². The number of ether oxygens (including phenoxy) is 1. The van der Waals surface area contributed by atoms with Gasteiger partial charge in [-0.1, -0.05) is 0 Å². The Hall–Kier alpha value is -1.69. The number of hydrogen-bond donors (Lipinski definition) is 2. The monoisotopic (exact) mass is 301 g/mol. The summed E-state index contributed by atoms with van der Waals surface area (Å²) in [7, 11) is 1.64. The van der Waals surface area contributed by atoms with Gasteiger partial charge in [0.25, 0.3) is 0 Å². The van der Waals surface area contributed by atoms with Crippen LogP contribution in [0.1, 0.15) is 24.5 Å². The molecule has 2 aromatic rings. The minimum atomic E-state index is -0.535. The molecule has 1 fully saturated rings. The average molecular weight is 301 g/mol. The van der Waals surface area contributed by atoms with E-state index in [1.165, 1.54) is 0 Å². The molecule has 1 aromatic carbocycles. The van der Waals surface area contributed by atoms with Gasteiger partial charge in [0.1, 0.15) is 5.75 Å². The molecule has 0 aliphatic carbocycles. The Bertz CT molecular complexity index is 639. The standard InChI is InChI=1S/C17H23N3O2/c1-22-13-2-3-16-15(10-13)14(4-7-19-16)17(21)11-20-8-5-12(18)6-9-20/h2-4,7,10,12,17,21H,5-6,8-9,11,18H2,1H3. The molecule has 0 spiro atoms. The number of pyridine rings is 1. The first kappa shape index (κ1) is 15.2. The molecule has 1 aliphatic rings. The highest BCUT2D eigenvalue weighted by molar-refractivity contribution is 5.83. The van der Waals surface area contributed by atoms with Crippen LogP contribution < -0.4 is 10.5 Å². The molecular weight excluding hydrogens is 278 g/mol. The van der Waals surface area contributed by atoms with Crippen LogP contribution in [-0.4, -0.2) is 47.8 Å². The smallest absolute Gasteiger partial charge is 0.119 e. The van der Waals surface area contributed by atoms with Gasteiger partial charge >= 0.3 is 0 Å². The summed E-state index contributed by atoms with van der Waals surface area (Å²) in [6.07, 6.45) is 3.21. The summed E-state index contributed by atoms with van der Waals surface area (Å²) in [6, 6.07) is 7.94. The third-order valence-corrected chi connectivity index (χ3v) is 4.40. The predicted octanol–water partition coefficient (Wildman–Crippen LogP) is 1.70. The fraction of sp³-hybridized carbons (Fsp3) is 0.471. The molecule has 22 heavy (non-hydrogen) atoms. The highest BCUT2D eigenvalue weighted by Gasteiger charge is 2.20. The van der Waals surface area contributed by atoms with E-state index >= 15 is 0 Å². The van der Waals surface area contributed by atoms with Crippen molar-refractivity contribution < 1.29 is 9.84 Å². The number of fused-ring (bicyclic) bond motifs is 1. The summed E-state index contributed by atoms with van der Waals surface area (Å²) in [5.41, 5.74) is 7.71. The quantitative estimate of drug-likeness (QED) is 0.899. The number of benzene rings is 1. The highest BCUT2D eigenvalue weighted by Crippen LogP contribution is 2.27. The third-order valence-electron chi connectivity index (χ3n) is 4.40. The predicted molar refractivity (Wildman–Crippen MR) is 86.9 cm³/mol. The fourth-order valence-electron chi connectivity index (χ4n) is 3.04. The molecule has 5 heteroatoms. The lowest BCUT2D eigenvalue weighted by Crippen LogP contribution is -2.41. The molecule has 1 aliphatic heterocycles. The summed E-state index contributed by atoms with van der Waals surface area (Å²) >= 11 is 0. The van der Waals surface area contributed by atoms with Gasteiger partial charge in [0.05, 0.1) is 18.7 Å². The zero-order valence-corrected chi connectivity index (χ0v) is 12.9. The maximum Gasteiger partial charge on any atom is 0.119 e. The van der Waals surface area contributed by atoms with Crippen LogP contribution in [0.3, 0.4) is 0 Å². The minimum absolute atomic E-state index is 0.305. The molecule has 1 unspecified atom stereocenters. The lowest BCUT2D eigenvalue weighted by Gasteiger charge is -2.31. The van der Waals surface area contributed by atoms with Gasteiger partial charge in [0, 0.05) is 24.2 Å². The molecule has 1 saturated heterocycles. The first-order valence-corrected chi connectivity index (χ1v) is 7.76. The van der Waals surface area contributed by atoms with E-state index in [0.29, 0.717) is 12.6 Å². The van der Waals surface area contributed by atoms with Gasteiger partial charge in [-0.15, -0.1) is 0 Å². The van der Waals surface area contributed by atoms with Crippen LogP contribution in [0.5, 0.6) is 5.75 Å². The van der Waals surface area contributed by atoms with Crippen molar-refractivity contribution in [1.29, 1.82) is 0 Å². The van der Waals surface area contributed by atoms with Crippen molar-refractivity contribution in [3.63, 3.8) is 0 Å². The van der Waals surface area contributed by atoms with Crippen LogP contribution >= 0.6 is 0 Å². The Morgan fingerprint density at radius 3 is 2.86 bits per heavy atom. The summed E-state index contributed by atoms with van der Waals surface area (Å²) in [5, 5.41) is 11.6. The number of likely N-dealkylation sites (tertiary alicyclic amines) is 1. The minimum Gasteiger partial charge on any atom is -0.497 e. The second-order valence-electron chi connectivity index (χ2n) is 5.94. The molecule has 5 nitrogen and oxygen atoms in total.